The van der Waals surface area contributed by atoms with Crippen LogP contribution in [0.5, 0.6) is 11.6 Å². The van der Waals surface area contributed by atoms with Crippen molar-refractivity contribution in [3.8, 4) is 11.6 Å². The summed E-state index contributed by atoms with van der Waals surface area (Å²) in [6.07, 6.45) is 0.936. The van der Waals surface area contributed by atoms with Crippen LogP contribution >= 0.6 is 22.9 Å². The minimum Gasteiger partial charge on any atom is -0.437 e. The molecule has 2 aromatic heterocycles. The fourth-order valence-electron chi connectivity index (χ4n) is 2.01. The van der Waals surface area contributed by atoms with Gasteiger partial charge in [0.1, 0.15) is 10.6 Å². The number of hydrogen-bond donors (Lipinski definition) is 1. The number of nitrogens with two attached hydrogens (primary N) is 1. The Morgan fingerprint density at radius 2 is 2.10 bits per heavy atom. The zero-order valence-corrected chi connectivity index (χ0v) is 13.3. The van der Waals surface area contributed by atoms with Gasteiger partial charge in [0, 0.05) is 4.88 Å². The monoisotopic (exact) mass is 319 g/mol. The van der Waals surface area contributed by atoms with E-state index in [4.69, 9.17) is 22.1 Å². The summed E-state index contributed by atoms with van der Waals surface area (Å²) in [4.78, 5) is 10.5. The molecule has 0 saturated carbocycles. The molecule has 0 aliphatic carbocycles. The molecule has 108 valence electrons. The number of hydrogen-bond acceptors (Lipinski definition) is 5. The van der Waals surface area contributed by atoms with E-state index < -0.39 is 0 Å². The molecule has 0 aliphatic heterocycles. The molecule has 0 fully saturated rings. The second-order valence-electron chi connectivity index (χ2n) is 4.71. The Morgan fingerprint density at radius 3 is 2.86 bits per heavy atom. The van der Waals surface area contributed by atoms with Gasteiger partial charge in [-0.2, -0.15) is 4.98 Å². The van der Waals surface area contributed by atoms with E-state index in [1.165, 1.54) is 4.88 Å². The Morgan fingerprint density at radius 1 is 1.29 bits per heavy atom. The van der Waals surface area contributed by atoms with Gasteiger partial charge in [-0.05, 0) is 37.1 Å². The number of anilines is 1. The molecule has 3 aromatic rings. The number of aromatic nitrogens is 2. The first-order valence-corrected chi connectivity index (χ1v) is 7.76. The lowest BCUT2D eigenvalue weighted by molar-refractivity contribution is 0.469. The number of nitrogen functional groups attached to an aromatic ring is 1. The summed E-state index contributed by atoms with van der Waals surface area (Å²) >= 11 is 7.77. The third kappa shape index (κ3) is 2.80. The van der Waals surface area contributed by atoms with Crippen LogP contribution in [0.25, 0.3) is 10.2 Å². The summed E-state index contributed by atoms with van der Waals surface area (Å²) in [5, 5.41) is 1.40. The average molecular weight is 320 g/mol. The topological polar surface area (TPSA) is 61.0 Å². The van der Waals surface area contributed by atoms with Gasteiger partial charge in [0.05, 0.1) is 10.4 Å². The molecule has 2 N–H and O–H groups in total. The van der Waals surface area contributed by atoms with Gasteiger partial charge in [0.25, 0.3) is 0 Å². The molecule has 0 spiro atoms. The molecule has 3 rings (SSSR count). The van der Waals surface area contributed by atoms with Crippen molar-refractivity contribution in [2.24, 2.45) is 0 Å². The Hall–Kier alpha value is -1.85. The van der Waals surface area contributed by atoms with Crippen LogP contribution in [-0.2, 0) is 6.42 Å². The molecule has 1 aromatic carbocycles. The Balaban J connectivity index is 2.11. The lowest BCUT2D eigenvalue weighted by Crippen LogP contribution is -1.97. The number of nitrogens with zero attached hydrogens (tertiary/aromatic N) is 2. The highest BCUT2D eigenvalue weighted by Crippen LogP contribution is 2.36. The van der Waals surface area contributed by atoms with E-state index in [1.807, 2.05) is 25.1 Å². The number of halogens is 1. The van der Waals surface area contributed by atoms with Crippen molar-refractivity contribution in [3.05, 3.63) is 39.7 Å². The van der Waals surface area contributed by atoms with Crippen LogP contribution in [-0.4, -0.2) is 9.97 Å². The zero-order chi connectivity index (χ0) is 15.0. The first-order valence-electron chi connectivity index (χ1n) is 6.56. The third-order valence-electron chi connectivity index (χ3n) is 3.07. The molecule has 0 radical (unpaired) electrons. The number of rotatable bonds is 3. The molecule has 6 heteroatoms. The fourth-order valence-corrected chi connectivity index (χ4v) is 3.13. The summed E-state index contributed by atoms with van der Waals surface area (Å²) in [7, 11) is 0. The van der Waals surface area contributed by atoms with Gasteiger partial charge in [0.15, 0.2) is 0 Å². The lowest BCUT2D eigenvalue weighted by Gasteiger charge is -2.08. The SMILES string of the molecule is CCc1cc2c(Oc3cc(C)ccc3Cl)nc(N)nc2s1. The van der Waals surface area contributed by atoms with Crippen LogP contribution in [0, 0.1) is 6.92 Å². The molecule has 2 heterocycles. The van der Waals surface area contributed by atoms with Gasteiger partial charge in [-0.1, -0.05) is 24.6 Å². The van der Waals surface area contributed by atoms with E-state index in [1.54, 1.807) is 17.4 Å². The van der Waals surface area contributed by atoms with E-state index in [0.717, 1.165) is 22.2 Å². The number of aryl methyl sites for hydroxylation is 2. The molecule has 0 bridgehead atoms. The van der Waals surface area contributed by atoms with Gasteiger partial charge in [-0.3, -0.25) is 0 Å². The van der Waals surface area contributed by atoms with Gasteiger partial charge in [-0.15, -0.1) is 11.3 Å². The maximum atomic E-state index is 6.17. The van der Waals surface area contributed by atoms with Crippen LogP contribution < -0.4 is 10.5 Å². The highest BCUT2D eigenvalue weighted by atomic mass is 35.5. The highest BCUT2D eigenvalue weighted by Gasteiger charge is 2.13. The minimum absolute atomic E-state index is 0.200. The molecule has 4 nitrogen and oxygen atoms in total. The van der Waals surface area contributed by atoms with E-state index in [2.05, 4.69) is 16.9 Å². The highest BCUT2D eigenvalue weighted by molar-refractivity contribution is 7.18. The summed E-state index contributed by atoms with van der Waals surface area (Å²) < 4.78 is 5.89. The van der Waals surface area contributed by atoms with Gasteiger partial charge in [-0.25, -0.2) is 4.98 Å². The van der Waals surface area contributed by atoms with Crippen LogP contribution in [0.3, 0.4) is 0 Å². The third-order valence-corrected chi connectivity index (χ3v) is 4.55. The average Bonchev–Trinajstić information content (AvgIpc) is 2.86. The molecule has 21 heavy (non-hydrogen) atoms. The normalized spacial score (nSPS) is 11.0. The first kappa shape index (κ1) is 14.1. The number of thiophene rings is 1. The van der Waals surface area contributed by atoms with Crippen LogP contribution in [0.15, 0.2) is 24.3 Å². The maximum absolute atomic E-state index is 6.17. The summed E-state index contributed by atoms with van der Waals surface area (Å²) in [6.45, 7) is 4.08. The first-order chi connectivity index (χ1) is 10.1. The lowest BCUT2D eigenvalue weighted by atomic mass is 10.2. The van der Waals surface area contributed by atoms with Crippen molar-refractivity contribution >= 4 is 39.1 Å². The predicted molar refractivity (Wildman–Crippen MR) is 87.5 cm³/mol. The van der Waals surface area contributed by atoms with E-state index >= 15 is 0 Å². The zero-order valence-electron chi connectivity index (χ0n) is 11.7. The molecule has 0 amide bonds. The van der Waals surface area contributed by atoms with Gasteiger partial charge < -0.3 is 10.5 Å². The van der Waals surface area contributed by atoms with Crippen molar-refractivity contribution in [1.29, 1.82) is 0 Å². The van der Waals surface area contributed by atoms with Gasteiger partial charge in [0.2, 0.25) is 11.8 Å². The van der Waals surface area contributed by atoms with Crippen molar-refractivity contribution in [2.45, 2.75) is 20.3 Å². The maximum Gasteiger partial charge on any atom is 0.232 e. The molecule has 0 unspecified atom stereocenters. The summed E-state index contributed by atoms with van der Waals surface area (Å²) in [5.41, 5.74) is 6.83. The number of fused-ring (bicyclic) bond motifs is 1. The molecular weight excluding hydrogens is 306 g/mol. The minimum atomic E-state index is 0.200. The molecule has 0 atom stereocenters. The van der Waals surface area contributed by atoms with Crippen LogP contribution in [0.1, 0.15) is 17.4 Å². The van der Waals surface area contributed by atoms with Gasteiger partial charge >= 0.3 is 0 Å². The van der Waals surface area contributed by atoms with Crippen molar-refractivity contribution in [1.82, 2.24) is 9.97 Å². The Bertz CT molecular complexity index is 816. The predicted octanol–water partition coefficient (Wildman–Crippen LogP) is 4.59. The summed E-state index contributed by atoms with van der Waals surface area (Å²) in [5.74, 6) is 1.21. The fraction of sp³-hybridized carbons (Fsp3) is 0.200. The largest absolute Gasteiger partial charge is 0.437 e. The Kier molecular flexibility index (Phi) is 3.69. The van der Waals surface area contributed by atoms with Crippen LogP contribution in [0.2, 0.25) is 5.02 Å². The molecular formula is C15H14ClN3OS. The van der Waals surface area contributed by atoms with Crippen molar-refractivity contribution < 1.29 is 4.74 Å². The van der Waals surface area contributed by atoms with Crippen molar-refractivity contribution in [2.75, 3.05) is 5.73 Å². The quantitative estimate of drug-likeness (QED) is 0.767. The second kappa shape index (κ2) is 5.50. The summed E-state index contributed by atoms with van der Waals surface area (Å²) in [6, 6.07) is 7.65. The van der Waals surface area contributed by atoms with Crippen molar-refractivity contribution in [3.63, 3.8) is 0 Å². The standard InChI is InChI=1S/C15H14ClN3OS/c1-3-9-7-10-13(18-15(17)19-14(10)21-9)20-12-6-8(2)4-5-11(12)16/h4-7H,3H2,1-2H3,(H2,17,18,19). The smallest absolute Gasteiger partial charge is 0.232 e. The Labute approximate surface area is 131 Å². The van der Waals surface area contributed by atoms with E-state index in [0.29, 0.717) is 16.7 Å². The van der Waals surface area contributed by atoms with Crippen LogP contribution in [0.4, 0.5) is 5.95 Å². The number of benzene rings is 1. The van der Waals surface area contributed by atoms with E-state index in [9.17, 15) is 0 Å². The molecule has 0 saturated heterocycles. The second-order valence-corrected chi connectivity index (χ2v) is 6.23. The van der Waals surface area contributed by atoms with E-state index in [-0.39, 0.29) is 5.95 Å². The molecule has 0 aliphatic rings. The number of ether oxygens (including phenoxy) is 1.